The van der Waals surface area contributed by atoms with Gasteiger partial charge in [0.25, 0.3) is 0 Å². The summed E-state index contributed by atoms with van der Waals surface area (Å²) in [6, 6.07) is 58.8. The van der Waals surface area contributed by atoms with Crippen LogP contribution in [0.5, 0.6) is 0 Å². The van der Waals surface area contributed by atoms with Crippen molar-refractivity contribution in [1.82, 2.24) is 0 Å². The van der Waals surface area contributed by atoms with Crippen LogP contribution < -0.4 is 0 Å². The van der Waals surface area contributed by atoms with Crippen LogP contribution in [0.25, 0.3) is 87.2 Å². The van der Waals surface area contributed by atoms with E-state index in [0.29, 0.717) is 0 Å². The molecule has 0 nitrogen and oxygen atoms in total. The van der Waals surface area contributed by atoms with Crippen LogP contribution in [0, 0.1) is 0 Å². The molecule has 220 valence electrons. The molecule has 47 heavy (non-hydrogen) atoms. The van der Waals surface area contributed by atoms with Crippen LogP contribution in [-0.4, -0.2) is 0 Å². The average Bonchev–Trinajstić information content (AvgIpc) is 3.36. The van der Waals surface area contributed by atoms with Gasteiger partial charge in [-0.2, -0.15) is 0 Å². The second-order valence-corrected chi connectivity index (χ2v) is 13.6. The molecule has 0 heteroatoms. The number of hydrogen-bond acceptors (Lipinski definition) is 0. The predicted molar refractivity (Wildman–Crippen MR) is 202 cm³/mol. The van der Waals surface area contributed by atoms with Crippen molar-refractivity contribution in [3.05, 3.63) is 169 Å². The molecule has 0 fully saturated rings. The Bertz CT molecular complexity index is 2690. The van der Waals surface area contributed by atoms with E-state index in [9.17, 15) is 0 Å². The van der Waals surface area contributed by atoms with E-state index >= 15 is 0 Å². The molecule has 0 saturated heterocycles. The van der Waals surface area contributed by atoms with Gasteiger partial charge in [0, 0.05) is 5.41 Å². The van der Waals surface area contributed by atoms with Crippen LogP contribution in [0.3, 0.4) is 0 Å². The lowest BCUT2D eigenvalue weighted by molar-refractivity contribution is 0.663. The topological polar surface area (TPSA) is 0 Å². The van der Waals surface area contributed by atoms with Crippen molar-refractivity contribution < 1.29 is 0 Å². The molecule has 0 aromatic heterocycles. The molecule has 0 heterocycles. The van der Waals surface area contributed by atoms with E-state index in [-0.39, 0.29) is 5.41 Å². The first-order chi connectivity index (χ1) is 23.1. The number of rotatable bonds is 3. The van der Waals surface area contributed by atoms with E-state index in [4.69, 9.17) is 0 Å². The first-order valence-corrected chi connectivity index (χ1v) is 16.6. The second kappa shape index (κ2) is 9.64. The third-order valence-electron chi connectivity index (χ3n) is 10.8. The van der Waals surface area contributed by atoms with E-state index in [1.165, 1.54) is 98.4 Å². The lowest BCUT2D eigenvalue weighted by Gasteiger charge is -2.22. The molecular weight excluding hydrogens is 565 g/mol. The van der Waals surface area contributed by atoms with Gasteiger partial charge in [-0.3, -0.25) is 0 Å². The molecule has 0 N–H and O–H groups in total. The summed E-state index contributed by atoms with van der Waals surface area (Å²) in [5.41, 5.74) is 10.5. The maximum atomic E-state index is 2.46. The molecule has 9 aromatic carbocycles. The van der Waals surface area contributed by atoms with E-state index in [1.54, 1.807) is 0 Å². The molecule has 1 aliphatic rings. The molecule has 9 aromatic rings. The van der Waals surface area contributed by atoms with E-state index in [1.807, 2.05) is 0 Å². The minimum Gasteiger partial charge on any atom is -0.0622 e. The largest absolute Gasteiger partial charge is 0.0622 e. The van der Waals surface area contributed by atoms with Crippen molar-refractivity contribution in [1.29, 1.82) is 0 Å². The van der Waals surface area contributed by atoms with Gasteiger partial charge >= 0.3 is 0 Å². The van der Waals surface area contributed by atoms with Gasteiger partial charge in [-0.05, 0) is 117 Å². The highest BCUT2D eigenvalue weighted by Gasteiger charge is 2.34. The Morgan fingerprint density at radius 1 is 0.340 bits per heavy atom. The van der Waals surface area contributed by atoms with Gasteiger partial charge in [0.2, 0.25) is 0 Å². The smallest absolute Gasteiger partial charge is 0.0159 e. The minimum absolute atomic E-state index is 0.0290. The predicted octanol–water partition coefficient (Wildman–Crippen LogP) is 13.1. The zero-order chi connectivity index (χ0) is 31.3. The Morgan fingerprint density at radius 2 is 0.830 bits per heavy atom. The van der Waals surface area contributed by atoms with Crippen molar-refractivity contribution >= 4 is 53.9 Å². The van der Waals surface area contributed by atoms with Crippen LogP contribution in [0.15, 0.2) is 158 Å². The fourth-order valence-electron chi connectivity index (χ4n) is 8.67. The van der Waals surface area contributed by atoms with Crippen LogP contribution in [-0.2, 0) is 5.41 Å². The monoisotopic (exact) mass is 596 g/mol. The van der Waals surface area contributed by atoms with Gasteiger partial charge in [-0.1, -0.05) is 153 Å². The molecular formula is C47H32. The van der Waals surface area contributed by atoms with E-state index in [0.717, 1.165) is 0 Å². The fraction of sp³-hybridized carbons (Fsp3) is 0.0638. The highest BCUT2D eigenvalue weighted by Crippen LogP contribution is 2.53. The maximum absolute atomic E-state index is 2.46. The zero-order valence-corrected chi connectivity index (χ0v) is 26.5. The van der Waals surface area contributed by atoms with Gasteiger partial charge in [0.1, 0.15) is 0 Å². The molecule has 0 saturated carbocycles. The lowest BCUT2D eigenvalue weighted by atomic mass is 9.81. The molecule has 0 bridgehead atoms. The summed E-state index contributed by atoms with van der Waals surface area (Å²) in [4.78, 5) is 0. The van der Waals surface area contributed by atoms with Crippen LogP contribution >= 0.6 is 0 Å². The van der Waals surface area contributed by atoms with Gasteiger partial charge in [-0.25, -0.2) is 0 Å². The highest BCUT2D eigenvalue weighted by molar-refractivity contribution is 6.28. The molecule has 0 amide bonds. The van der Waals surface area contributed by atoms with Gasteiger partial charge in [-0.15, -0.1) is 0 Å². The van der Waals surface area contributed by atoms with Crippen LogP contribution in [0.2, 0.25) is 0 Å². The van der Waals surface area contributed by atoms with E-state index in [2.05, 4.69) is 172 Å². The van der Waals surface area contributed by atoms with Crippen molar-refractivity contribution in [3.8, 4) is 33.4 Å². The summed E-state index contributed by atoms with van der Waals surface area (Å²) in [6.45, 7) is 4.76. The normalized spacial score (nSPS) is 13.5. The Balaban J connectivity index is 1.37. The molecule has 1 aliphatic carbocycles. The third-order valence-corrected chi connectivity index (χ3v) is 10.8. The summed E-state index contributed by atoms with van der Waals surface area (Å²) >= 11 is 0. The Morgan fingerprint density at radius 3 is 1.49 bits per heavy atom. The quantitative estimate of drug-likeness (QED) is 0.141. The standard InChI is InChI=1S/C47H32/c1-47(2)41-24-12-17-31-27-40(38-23-13-25-42(47)46(38)43(31)41)45-36-21-10-8-19-34(36)44(35-20-9-11-22-37(35)45)39-28-32(29-14-4-3-5-15-29)26-30-16-6-7-18-33(30)39/h3-28H,1-2H3. The van der Waals surface area contributed by atoms with Crippen molar-refractivity contribution in [2.75, 3.05) is 0 Å². The van der Waals surface area contributed by atoms with Crippen molar-refractivity contribution in [3.63, 3.8) is 0 Å². The molecule has 0 atom stereocenters. The summed E-state index contributed by atoms with van der Waals surface area (Å²) in [6.07, 6.45) is 0. The first-order valence-electron chi connectivity index (χ1n) is 16.6. The lowest BCUT2D eigenvalue weighted by Crippen LogP contribution is -2.14. The Labute approximate surface area is 274 Å². The molecule has 10 rings (SSSR count). The first kappa shape index (κ1) is 26.5. The summed E-state index contributed by atoms with van der Waals surface area (Å²) in [5, 5.41) is 13.2. The van der Waals surface area contributed by atoms with Crippen LogP contribution in [0.4, 0.5) is 0 Å². The fourth-order valence-corrected chi connectivity index (χ4v) is 8.67. The van der Waals surface area contributed by atoms with Gasteiger partial charge in [0.15, 0.2) is 0 Å². The average molecular weight is 597 g/mol. The van der Waals surface area contributed by atoms with Crippen molar-refractivity contribution in [2.45, 2.75) is 19.3 Å². The van der Waals surface area contributed by atoms with E-state index < -0.39 is 0 Å². The minimum atomic E-state index is -0.0290. The number of hydrogen-bond donors (Lipinski definition) is 0. The zero-order valence-electron chi connectivity index (χ0n) is 26.5. The maximum Gasteiger partial charge on any atom is 0.0159 e. The summed E-state index contributed by atoms with van der Waals surface area (Å²) in [7, 11) is 0. The Hall–Kier alpha value is -5.72. The summed E-state index contributed by atoms with van der Waals surface area (Å²) < 4.78 is 0. The van der Waals surface area contributed by atoms with Crippen LogP contribution in [0.1, 0.15) is 25.0 Å². The van der Waals surface area contributed by atoms with Gasteiger partial charge < -0.3 is 0 Å². The van der Waals surface area contributed by atoms with Crippen molar-refractivity contribution in [2.24, 2.45) is 0 Å². The third kappa shape index (κ3) is 3.64. The highest BCUT2D eigenvalue weighted by atomic mass is 14.4. The number of fused-ring (bicyclic) bond motifs is 3. The Kier molecular flexibility index (Phi) is 5.44. The molecule has 0 unspecified atom stereocenters. The molecule has 0 spiro atoms. The summed E-state index contributed by atoms with van der Waals surface area (Å²) in [5.74, 6) is 0. The second-order valence-electron chi connectivity index (χ2n) is 13.6. The van der Waals surface area contributed by atoms with Gasteiger partial charge in [0.05, 0.1) is 0 Å². The SMILES string of the molecule is CC1(C)c2cccc3cc(-c4c5ccccc5c(-c5cc(-c6ccccc6)cc6ccccc56)c5ccccc45)c4cccc1c4c23. The molecule has 0 aliphatic heterocycles. The number of benzene rings is 9. The molecule has 0 radical (unpaired) electrons.